The minimum Gasteiger partial charge on any atom is -0.462 e. The molecule has 2 heterocycles. The van der Waals surface area contributed by atoms with Crippen LogP contribution in [0.1, 0.15) is 34.4 Å². The lowest BCUT2D eigenvalue weighted by Gasteiger charge is -2.09. The highest BCUT2D eigenvalue weighted by Crippen LogP contribution is 2.24. The lowest BCUT2D eigenvalue weighted by atomic mass is 10.2. The van der Waals surface area contributed by atoms with Crippen molar-refractivity contribution < 1.29 is 17.9 Å². The van der Waals surface area contributed by atoms with Crippen LogP contribution in [0.25, 0.3) is 0 Å². The highest BCUT2D eigenvalue weighted by molar-refractivity contribution is 7.89. The van der Waals surface area contributed by atoms with Crippen LogP contribution in [0.5, 0.6) is 0 Å². The van der Waals surface area contributed by atoms with Crippen molar-refractivity contribution in [3.63, 3.8) is 0 Å². The summed E-state index contributed by atoms with van der Waals surface area (Å²) >= 11 is 0. The Morgan fingerprint density at radius 1 is 1.30 bits per heavy atom. The Morgan fingerprint density at radius 2 is 2.04 bits per heavy atom. The smallest absolute Gasteiger partial charge is 0.341 e. The number of aryl methyl sites for hydroxylation is 2. The third kappa shape index (κ3) is 3.77. The fourth-order valence-electron chi connectivity index (χ4n) is 2.29. The molecule has 0 aliphatic rings. The molecule has 0 saturated carbocycles. The number of H-pyrrole nitrogens is 1. The van der Waals surface area contributed by atoms with E-state index in [0.29, 0.717) is 17.1 Å². The van der Waals surface area contributed by atoms with Gasteiger partial charge in [0.05, 0.1) is 18.8 Å². The maximum absolute atomic E-state index is 12.6. The molecule has 2 rings (SSSR count). The van der Waals surface area contributed by atoms with E-state index in [1.165, 1.54) is 0 Å². The van der Waals surface area contributed by atoms with Crippen LogP contribution in [0.2, 0.25) is 0 Å². The predicted octanol–water partition coefficient (Wildman–Crippen LogP) is 1.68. The van der Waals surface area contributed by atoms with E-state index >= 15 is 0 Å². The van der Waals surface area contributed by atoms with Gasteiger partial charge in [0.2, 0.25) is 10.0 Å². The van der Waals surface area contributed by atoms with Crippen molar-refractivity contribution in [3.05, 3.63) is 47.0 Å². The molecule has 8 heteroatoms. The summed E-state index contributed by atoms with van der Waals surface area (Å²) in [6.07, 6.45) is 1.58. The number of nitrogens with one attached hydrogen (secondary N) is 2. The van der Waals surface area contributed by atoms with Crippen LogP contribution < -0.4 is 4.72 Å². The first-order valence-corrected chi connectivity index (χ1v) is 8.61. The number of carbonyl (C=O) groups excluding carboxylic acids is 1. The zero-order chi connectivity index (χ0) is 17.0. The minimum atomic E-state index is -3.88. The average molecular weight is 337 g/mol. The topological polar surface area (TPSA) is 101 Å². The summed E-state index contributed by atoms with van der Waals surface area (Å²) in [6.45, 7) is 5.11. The number of ether oxygens (including phenoxy) is 1. The molecule has 0 bridgehead atoms. The molecule has 0 spiro atoms. The number of pyridine rings is 1. The number of hydrogen-bond donors (Lipinski definition) is 2. The largest absolute Gasteiger partial charge is 0.462 e. The molecular formula is C15H19N3O4S. The summed E-state index contributed by atoms with van der Waals surface area (Å²) in [5.41, 5.74) is 1.47. The van der Waals surface area contributed by atoms with Crippen molar-refractivity contribution in [2.45, 2.75) is 32.2 Å². The number of aromatic nitrogens is 2. The standard InChI is InChI=1S/C15H19N3O4S/c1-4-22-15(19)13-10(2)18-11(3)14(13)23(20,21)17-9-12-7-5-6-8-16-12/h5-8,17-18H,4,9H2,1-3H3. The van der Waals surface area contributed by atoms with Crippen LogP contribution in [0.15, 0.2) is 29.3 Å². The van der Waals surface area contributed by atoms with Crippen molar-refractivity contribution in [1.82, 2.24) is 14.7 Å². The number of esters is 1. The summed E-state index contributed by atoms with van der Waals surface area (Å²) in [5, 5.41) is 0. The molecule has 2 N–H and O–H groups in total. The molecule has 0 saturated heterocycles. The quantitative estimate of drug-likeness (QED) is 0.781. The van der Waals surface area contributed by atoms with E-state index in [1.54, 1.807) is 45.2 Å². The molecule has 0 fully saturated rings. The van der Waals surface area contributed by atoms with Crippen molar-refractivity contribution >= 4 is 16.0 Å². The van der Waals surface area contributed by atoms with Crippen LogP contribution in [0.4, 0.5) is 0 Å². The van der Waals surface area contributed by atoms with Crippen molar-refractivity contribution in [2.24, 2.45) is 0 Å². The fraction of sp³-hybridized carbons (Fsp3) is 0.333. The molecule has 0 aliphatic carbocycles. The second kappa shape index (κ2) is 6.93. The van der Waals surface area contributed by atoms with Gasteiger partial charge < -0.3 is 9.72 Å². The Bertz CT molecular complexity index is 798. The maximum atomic E-state index is 12.6. The normalized spacial score (nSPS) is 11.4. The number of rotatable bonds is 6. The zero-order valence-corrected chi connectivity index (χ0v) is 14.0. The van der Waals surface area contributed by atoms with Gasteiger partial charge in [0.1, 0.15) is 10.5 Å². The molecule has 2 aromatic heterocycles. The molecule has 0 unspecified atom stereocenters. The predicted molar refractivity (Wildman–Crippen MR) is 84.5 cm³/mol. The third-order valence-corrected chi connectivity index (χ3v) is 4.81. The molecule has 2 aromatic rings. The van der Waals surface area contributed by atoms with E-state index in [4.69, 9.17) is 4.74 Å². The molecule has 23 heavy (non-hydrogen) atoms. The van der Waals surface area contributed by atoms with E-state index in [9.17, 15) is 13.2 Å². The molecular weight excluding hydrogens is 318 g/mol. The summed E-state index contributed by atoms with van der Waals surface area (Å²) in [4.78, 5) is 18.9. The van der Waals surface area contributed by atoms with Crippen LogP contribution in [0, 0.1) is 13.8 Å². The molecule has 0 radical (unpaired) electrons. The first-order chi connectivity index (χ1) is 10.9. The highest BCUT2D eigenvalue weighted by atomic mass is 32.2. The van der Waals surface area contributed by atoms with E-state index in [-0.39, 0.29) is 23.6 Å². The van der Waals surface area contributed by atoms with Crippen LogP contribution >= 0.6 is 0 Å². The van der Waals surface area contributed by atoms with Gasteiger partial charge in [-0.25, -0.2) is 17.9 Å². The monoisotopic (exact) mass is 337 g/mol. The van der Waals surface area contributed by atoms with Gasteiger partial charge >= 0.3 is 5.97 Å². The number of hydrogen-bond acceptors (Lipinski definition) is 5. The van der Waals surface area contributed by atoms with Crippen LogP contribution in [-0.4, -0.2) is 31.0 Å². The van der Waals surface area contributed by atoms with E-state index in [0.717, 1.165) is 0 Å². The number of sulfonamides is 1. The van der Waals surface area contributed by atoms with Crippen LogP contribution in [0.3, 0.4) is 0 Å². The van der Waals surface area contributed by atoms with E-state index in [1.807, 2.05) is 0 Å². The highest BCUT2D eigenvalue weighted by Gasteiger charge is 2.29. The van der Waals surface area contributed by atoms with Gasteiger partial charge in [-0.1, -0.05) is 6.07 Å². The van der Waals surface area contributed by atoms with Crippen LogP contribution in [-0.2, 0) is 21.3 Å². The Hall–Kier alpha value is -2.19. The van der Waals surface area contributed by atoms with Gasteiger partial charge in [0.15, 0.2) is 0 Å². The summed E-state index contributed by atoms with van der Waals surface area (Å²) in [6, 6.07) is 5.23. The first kappa shape index (κ1) is 17.2. The van der Waals surface area contributed by atoms with Gasteiger partial charge in [0.25, 0.3) is 0 Å². The molecule has 0 amide bonds. The average Bonchev–Trinajstić information content (AvgIpc) is 2.82. The van der Waals surface area contributed by atoms with E-state index < -0.39 is 16.0 Å². The van der Waals surface area contributed by atoms with E-state index in [2.05, 4.69) is 14.7 Å². The Balaban J connectivity index is 2.34. The van der Waals surface area contributed by atoms with Gasteiger partial charge in [-0.2, -0.15) is 0 Å². The Kier molecular flexibility index (Phi) is 5.17. The number of nitrogens with zero attached hydrogens (tertiary/aromatic N) is 1. The second-order valence-electron chi connectivity index (χ2n) is 4.95. The zero-order valence-electron chi connectivity index (χ0n) is 13.2. The first-order valence-electron chi connectivity index (χ1n) is 7.12. The molecule has 7 nitrogen and oxygen atoms in total. The van der Waals surface area contributed by atoms with Crippen molar-refractivity contribution in [2.75, 3.05) is 6.61 Å². The lowest BCUT2D eigenvalue weighted by Crippen LogP contribution is -2.26. The SMILES string of the molecule is CCOC(=O)c1c(C)[nH]c(C)c1S(=O)(=O)NCc1ccccn1. The Labute approximate surface area is 135 Å². The number of aromatic amines is 1. The summed E-state index contributed by atoms with van der Waals surface area (Å²) in [5.74, 6) is -0.660. The minimum absolute atomic E-state index is 0.0368. The lowest BCUT2D eigenvalue weighted by molar-refractivity contribution is 0.0521. The molecule has 0 atom stereocenters. The van der Waals surface area contributed by atoms with Gasteiger partial charge in [-0.3, -0.25) is 4.98 Å². The third-order valence-electron chi connectivity index (χ3n) is 3.24. The van der Waals surface area contributed by atoms with Gasteiger partial charge in [0, 0.05) is 17.6 Å². The molecule has 0 aliphatic heterocycles. The number of carbonyl (C=O) groups is 1. The van der Waals surface area contributed by atoms with Gasteiger partial charge in [-0.15, -0.1) is 0 Å². The summed E-state index contributed by atoms with van der Waals surface area (Å²) in [7, 11) is -3.88. The maximum Gasteiger partial charge on any atom is 0.341 e. The van der Waals surface area contributed by atoms with Crippen molar-refractivity contribution in [3.8, 4) is 0 Å². The fourth-order valence-corrected chi connectivity index (χ4v) is 3.73. The van der Waals surface area contributed by atoms with Gasteiger partial charge in [-0.05, 0) is 32.9 Å². The second-order valence-corrected chi connectivity index (χ2v) is 6.65. The summed E-state index contributed by atoms with van der Waals surface area (Å²) < 4.78 is 32.6. The molecule has 124 valence electrons. The molecule has 0 aromatic carbocycles. The Morgan fingerprint density at radius 3 is 2.65 bits per heavy atom. The van der Waals surface area contributed by atoms with Crippen molar-refractivity contribution in [1.29, 1.82) is 0 Å².